The lowest BCUT2D eigenvalue weighted by molar-refractivity contribution is 0.433. The van der Waals surface area contributed by atoms with E-state index < -0.39 is 15.6 Å². The summed E-state index contributed by atoms with van der Waals surface area (Å²) in [4.78, 5) is 6.61. The number of H-pyrrole nitrogens is 1. The quantitative estimate of drug-likeness (QED) is 0.376. The van der Waals surface area contributed by atoms with Crippen LogP contribution in [0.25, 0.3) is 0 Å². The van der Waals surface area contributed by atoms with Gasteiger partial charge in [-0.1, -0.05) is 25.7 Å². The zero-order chi connectivity index (χ0) is 14.8. The second-order valence-corrected chi connectivity index (χ2v) is 7.00. The van der Waals surface area contributed by atoms with Gasteiger partial charge in [-0.2, -0.15) is 4.72 Å². The fraction of sp³-hybridized carbons (Fsp3) is 0.667. The van der Waals surface area contributed by atoms with Crippen molar-refractivity contribution in [2.45, 2.75) is 56.0 Å². The summed E-state index contributed by atoms with van der Waals surface area (Å²) in [5.74, 6) is 0.419. The Morgan fingerprint density at radius 1 is 1.40 bits per heavy atom. The Balaban J connectivity index is 2.30. The summed E-state index contributed by atoms with van der Waals surface area (Å²) < 4.78 is 27.4. The average molecular weight is 299 g/mol. The molecule has 0 aliphatic heterocycles. The smallest absolute Gasteiger partial charge is 0.258 e. The third-order valence-electron chi connectivity index (χ3n) is 3.77. The van der Waals surface area contributed by atoms with Gasteiger partial charge in [0.25, 0.3) is 10.0 Å². The van der Waals surface area contributed by atoms with Crippen LogP contribution in [0.2, 0.25) is 0 Å². The molecule has 1 heterocycles. The summed E-state index contributed by atoms with van der Waals surface area (Å²) in [6.07, 6.45) is 6.22. The number of aromatic nitrogens is 2. The largest absolute Gasteiger partial charge is 0.386 e. The van der Waals surface area contributed by atoms with Gasteiger partial charge in [-0.05, 0) is 19.8 Å². The van der Waals surface area contributed by atoms with Gasteiger partial charge in [-0.3, -0.25) is 5.41 Å². The van der Waals surface area contributed by atoms with Crippen molar-refractivity contribution in [3.8, 4) is 0 Å². The van der Waals surface area contributed by atoms with Crippen molar-refractivity contribution >= 4 is 15.9 Å². The number of aryl methyl sites for hydroxylation is 1. The van der Waals surface area contributed by atoms with Gasteiger partial charge in [0, 0.05) is 0 Å². The van der Waals surface area contributed by atoms with E-state index in [1.165, 1.54) is 6.20 Å². The van der Waals surface area contributed by atoms with Crippen molar-refractivity contribution in [3.05, 3.63) is 12.0 Å². The summed E-state index contributed by atoms with van der Waals surface area (Å²) >= 11 is 0. The molecule has 5 N–H and O–H groups in total. The van der Waals surface area contributed by atoms with Crippen molar-refractivity contribution in [3.63, 3.8) is 0 Å². The SMILES string of the molecule is Cc1ncc(S(=O)(=O)NC2(C(=N)N)CCCCCC2)[nH]1. The van der Waals surface area contributed by atoms with Gasteiger partial charge >= 0.3 is 0 Å². The van der Waals surface area contributed by atoms with Gasteiger partial charge in [0.1, 0.15) is 11.7 Å². The third-order valence-corrected chi connectivity index (χ3v) is 5.22. The highest BCUT2D eigenvalue weighted by atomic mass is 32.2. The molecule has 1 aliphatic carbocycles. The lowest BCUT2D eigenvalue weighted by Crippen LogP contribution is -2.56. The number of imidazole rings is 1. The van der Waals surface area contributed by atoms with Crippen LogP contribution in [0.15, 0.2) is 11.2 Å². The number of nitrogens with zero attached hydrogens (tertiary/aromatic N) is 1. The second kappa shape index (κ2) is 5.53. The van der Waals surface area contributed by atoms with Gasteiger partial charge < -0.3 is 10.7 Å². The molecule has 1 aliphatic rings. The van der Waals surface area contributed by atoms with Crippen molar-refractivity contribution in [2.24, 2.45) is 5.73 Å². The molecule has 1 saturated carbocycles. The molecule has 0 unspecified atom stereocenters. The maximum absolute atomic E-state index is 12.4. The maximum Gasteiger partial charge on any atom is 0.258 e. The fourth-order valence-corrected chi connectivity index (χ4v) is 4.02. The highest BCUT2D eigenvalue weighted by molar-refractivity contribution is 7.89. The van der Waals surface area contributed by atoms with E-state index in [1.54, 1.807) is 6.92 Å². The Morgan fingerprint density at radius 2 is 2.00 bits per heavy atom. The number of amidine groups is 1. The highest BCUT2D eigenvalue weighted by Gasteiger charge is 2.39. The number of aromatic amines is 1. The van der Waals surface area contributed by atoms with Crippen LogP contribution in [0.3, 0.4) is 0 Å². The molecule has 0 amide bonds. The first kappa shape index (κ1) is 15.0. The van der Waals surface area contributed by atoms with Crippen LogP contribution in [0, 0.1) is 12.3 Å². The van der Waals surface area contributed by atoms with Crippen LogP contribution in [-0.4, -0.2) is 29.8 Å². The van der Waals surface area contributed by atoms with Crippen LogP contribution in [-0.2, 0) is 10.0 Å². The molecule has 2 rings (SSSR count). The number of sulfonamides is 1. The minimum Gasteiger partial charge on any atom is -0.386 e. The van der Waals surface area contributed by atoms with Crippen LogP contribution >= 0.6 is 0 Å². The topological polar surface area (TPSA) is 125 Å². The second-order valence-electron chi connectivity index (χ2n) is 5.35. The monoisotopic (exact) mass is 299 g/mol. The summed E-state index contributed by atoms with van der Waals surface area (Å²) in [5, 5.41) is 7.82. The molecule has 112 valence electrons. The normalized spacial score (nSPS) is 19.4. The zero-order valence-corrected chi connectivity index (χ0v) is 12.4. The molecule has 0 spiro atoms. The van der Waals surface area contributed by atoms with E-state index in [0.29, 0.717) is 18.7 Å². The van der Waals surface area contributed by atoms with Gasteiger partial charge in [0.15, 0.2) is 5.03 Å². The van der Waals surface area contributed by atoms with Crippen LogP contribution in [0.4, 0.5) is 0 Å². The summed E-state index contributed by atoms with van der Waals surface area (Å²) in [6, 6.07) is 0. The predicted molar refractivity (Wildman–Crippen MR) is 76.0 cm³/mol. The first-order valence-electron chi connectivity index (χ1n) is 6.76. The molecular weight excluding hydrogens is 278 g/mol. The third kappa shape index (κ3) is 3.01. The number of nitrogens with two attached hydrogens (primary N) is 1. The minimum absolute atomic E-state index is 0.0138. The van der Waals surface area contributed by atoms with Crippen LogP contribution < -0.4 is 10.5 Å². The Hall–Kier alpha value is -1.41. The molecule has 1 fully saturated rings. The van der Waals surface area contributed by atoms with Crippen LogP contribution in [0.5, 0.6) is 0 Å². The molecule has 0 atom stereocenters. The van der Waals surface area contributed by atoms with E-state index in [9.17, 15) is 8.42 Å². The zero-order valence-electron chi connectivity index (χ0n) is 11.6. The van der Waals surface area contributed by atoms with Crippen molar-refractivity contribution < 1.29 is 8.42 Å². The maximum atomic E-state index is 12.4. The molecule has 0 radical (unpaired) electrons. The molecular formula is C12H21N5O2S. The lowest BCUT2D eigenvalue weighted by atomic mass is 9.90. The molecule has 8 heteroatoms. The Labute approximate surface area is 118 Å². The van der Waals surface area contributed by atoms with E-state index in [4.69, 9.17) is 11.1 Å². The highest BCUT2D eigenvalue weighted by Crippen LogP contribution is 2.28. The minimum atomic E-state index is -3.75. The van der Waals surface area contributed by atoms with Crippen molar-refractivity contribution in [1.29, 1.82) is 5.41 Å². The molecule has 0 bridgehead atoms. The number of hydrogen-bond donors (Lipinski definition) is 4. The molecule has 20 heavy (non-hydrogen) atoms. The molecule has 1 aromatic rings. The summed E-state index contributed by atoms with van der Waals surface area (Å²) in [5.41, 5.74) is 4.73. The van der Waals surface area contributed by atoms with E-state index in [0.717, 1.165) is 25.7 Å². The number of rotatable bonds is 4. The first-order chi connectivity index (χ1) is 9.36. The lowest BCUT2D eigenvalue weighted by Gasteiger charge is -2.31. The van der Waals surface area contributed by atoms with Gasteiger partial charge in [0.05, 0.1) is 11.7 Å². The Kier molecular flexibility index (Phi) is 4.14. The summed E-state index contributed by atoms with van der Waals surface area (Å²) in [6.45, 7) is 1.69. The van der Waals surface area contributed by atoms with E-state index in [1.807, 2.05) is 0 Å². The number of nitrogens with one attached hydrogen (secondary N) is 3. The molecule has 1 aromatic heterocycles. The summed E-state index contributed by atoms with van der Waals surface area (Å²) in [7, 11) is -3.75. The average Bonchev–Trinajstić information content (AvgIpc) is 2.67. The first-order valence-corrected chi connectivity index (χ1v) is 8.24. The van der Waals surface area contributed by atoms with Gasteiger partial charge in [0.2, 0.25) is 0 Å². The van der Waals surface area contributed by atoms with Gasteiger partial charge in [-0.15, -0.1) is 0 Å². The Morgan fingerprint density at radius 3 is 2.45 bits per heavy atom. The number of hydrogen-bond acceptors (Lipinski definition) is 4. The molecule has 0 aromatic carbocycles. The van der Waals surface area contributed by atoms with E-state index >= 15 is 0 Å². The van der Waals surface area contributed by atoms with Crippen molar-refractivity contribution in [2.75, 3.05) is 0 Å². The predicted octanol–water partition coefficient (Wildman–Crippen LogP) is 1.03. The van der Waals surface area contributed by atoms with Crippen LogP contribution in [0.1, 0.15) is 44.3 Å². The van der Waals surface area contributed by atoms with E-state index in [-0.39, 0.29) is 10.9 Å². The molecule has 0 saturated heterocycles. The fourth-order valence-electron chi connectivity index (χ4n) is 2.61. The van der Waals surface area contributed by atoms with Crippen molar-refractivity contribution in [1.82, 2.24) is 14.7 Å². The van der Waals surface area contributed by atoms with Gasteiger partial charge in [-0.25, -0.2) is 13.4 Å². The van der Waals surface area contributed by atoms with E-state index in [2.05, 4.69) is 14.7 Å². The standard InChI is InChI=1S/C12H21N5O2S/c1-9-15-8-10(16-9)20(18,19)17-12(11(13)14)6-4-2-3-5-7-12/h8,17H,2-7H2,1H3,(H3,13,14)(H,15,16). The Bertz CT molecular complexity index is 585. The molecule has 7 nitrogen and oxygen atoms in total.